The van der Waals surface area contributed by atoms with Crippen molar-refractivity contribution >= 4 is 64.2 Å². The fourth-order valence-electron chi connectivity index (χ4n) is 1.55. The van der Waals surface area contributed by atoms with E-state index in [-0.39, 0.29) is 17.4 Å². The van der Waals surface area contributed by atoms with Crippen LogP contribution in [0.4, 0.5) is 13.2 Å². The zero-order chi connectivity index (χ0) is 17.9. The molecule has 0 aromatic carbocycles. The highest BCUT2D eigenvalue weighted by Crippen LogP contribution is 2.38. The molecule has 0 aliphatic heterocycles. The van der Waals surface area contributed by atoms with Crippen LogP contribution >= 0.6 is 58.3 Å². The number of alkyl halides is 3. The van der Waals surface area contributed by atoms with E-state index in [4.69, 9.17) is 28.6 Å². The molecule has 0 saturated carbocycles. The minimum Gasteiger partial charge on any atom is -0.462 e. The van der Waals surface area contributed by atoms with Crippen LogP contribution in [0, 0.1) is 3.14 Å². The van der Waals surface area contributed by atoms with Crippen LogP contribution < -0.4 is 0 Å². The van der Waals surface area contributed by atoms with Crippen LogP contribution in [0.2, 0.25) is 5.02 Å². The average Bonchev–Trinajstić information content (AvgIpc) is 2.86. The van der Waals surface area contributed by atoms with E-state index in [9.17, 15) is 18.0 Å². The van der Waals surface area contributed by atoms with E-state index in [2.05, 4.69) is 4.98 Å². The second-order valence-corrected chi connectivity index (χ2v) is 9.11. The van der Waals surface area contributed by atoms with E-state index in [1.807, 2.05) is 0 Å². The van der Waals surface area contributed by atoms with Crippen LogP contribution in [0.5, 0.6) is 0 Å². The van der Waals surface area contributed by atoms with Crippen LogP contribution in [-0.2, 0) is 16.7 Å². The number of halogens is 4. The molecule has 2 rings (SSSR count). The highest BCUT2D eigenvalue weighted by molar-refractivity contribution is 8.01. The van der Waals surface area contributed by atoms with Gasteiger partial charge in [-0.3, -0.25) is 4.98 Å². The van der Waals surface area contributed by atoms with Crippen LogP contribution in [0.1, 0.15) is 27.9 Å². The zero-order valence-electron chi connectivity index (χ0n) is 12.0. The molecule has 0 atom stereocenters. The Hall–Kier alpha value is -0.680. The summed E-state index contributed by atoms with van der Waals surface area (Å²) in [6.07, 6.45) is -3.75. The number of nitrogens with zero attached hydrogens (tertiary/aromatic N) is 1. The van der Waals surface area contributed by atoms with E-state index in [0.29, 0.717) is 17.9 Å². The standard InChI is InChI=1S/C13H9ClF3NO2S4/c1-2-20-10(19)9-11(24-12(21)23-9)22-5-8-7(14)3-6(4-18-8)13(15,16)17/h3-4H,2,5H2,1H3. The summed E-state index contributed by atoms with van der Waals surface area (Å²) in [4.78, 5) is 16.0. The van der Waals surface area contributed by atoms with Crippen LogP contribution in [0.25, 0.3) is 0 Å². The fourth-order valence-corrected chi connectivity index (χ4v) is 5.99. The van der Waals surface area contributed by atoms with Gasteiger partial charge in [0.25, 0.3) is 0 Å². The van der Waals surface area contributed by atoms with Gasteiger partial charge in [0.1, 0.15) is 8.01 Å². The second-order valence-electron chi connectivity index (χ2n) is 4.23. The Balaban J connectivity index is 2.17. The molecule has 0 fully saturated rings. The van der Waals surface area contributed by atoms with Gasteiger partial charge in [-0.25, -0.2) is 4.79 Å². The molecule has 0 spiro atoms. The number of aromatic nitrogens is 1. The lowest BCUT2D eigenvalue weighted by Gasteiger charge is -2.09. The first-order chi connectivity index (χ1) is 11.2. The lowest BCUT2D eigenvalue weighted by atomic mass is 10.2. The van der Waals surface area contributed by atoms with Gasteiger partial charge in [-0.2, -0.15) is 13.2 Å². The summed E-state index contributed by atoms with van der Waals surface area (Å²) < 4.78 is 44.0. The molecule has 0 aliphatic carbocycles. The van der Waals surface area contributed by atoms with Crippen molar-refractivity contribution in [1.82, 2.24) is 4.98 Å². The van der Waals surface area contributed by atoms with Crippen molar-refractivity contribution in [2.45, 2.75) is 23.1 Å². The first-order valence-electron chi connectivity index (χ1n) is 6.37. The average molecular weight is 432 g/mol. The molecule has 3 nitrogen and oxygen atoms in total. The van der Waals surface area contributed by atoms with Crippen molar-refractivity contribution in [3.05, 3.63) is 36.6 Å². The third-order valence-corrected chi connectivity index (χ3v) is 6.96. The Morgan fingerprint density at radius 1 is 1.46 bits per heavy atom. The van der Waals surface area contributed by atoms with Gasteiger partial charge in [0.2, 0.25) is 0 Å². The van der Waals surface area contributed by atoms with Gasteiger partial charge in [0, 0.05) is 11.9 Å². The fraction of sp³-hybridized carbons (Fsp3) is 0.308. The first-order valence-corrected chi connectivity index (χ1v) is 9.78. The van der Waals surface area contributed by atoms with Crippen molar-refractivity contribution in [1.29, 1.82) is 0 Å². The normalized spacial score (nSPS) is 11.5. The van der Waals surface area contributed by atoms with Gasteiger partial charge in [0.15, 0.2) is 0 Å². The molecule has 2 aromatic rings. The summed E-state index contributed by atoms with van der Waals surface area (Å²) in [6.45, 7) is 1.94. The lowest BCUT2D eigenvalue weighted by Crippen LogP contribution is -2.06. The minimum atomic E-state index is -4.49. The van der Waals surface area contributed by atoms with E-state index in [1.165, 1.54) is 23.1 Å². The molecule has 11 heteroatoms. The summed E-state index contributed by atoms with van der Waals surface area (Å²) in [5, 5.41) is -0.0752. The number of carbonyl (C=O) groups excluding carboxylic acids is 1. The molecule has 2 heterocycles. The van der Waals surface area contributed by atoms with E-state index in [0.717, 1.165) is 23.6 Å². The summed E-state index contributed by atoms with van der Waals surface area (Å²) in [5.74, 6) is -0.255. The van der Waals surface area contributed by atoms with Gasteiger partial charge in [-0.15, -0.1) is 34.4 Å². The monoisotopic (exact) mass is 431 g/mol. The molecule has 0 bridgehead atoms. The van der Waals surface area contributed by atoms with Gasteiger partial charge in [-0.05, 0) is 13.0 Å². The Bertz CT molecular complexity index is 803. The third kappa shape index (κ3) is 4.92. The smallest absolute Gasteiger partial charge is 0.417 e. The first kappa shape index (κ1) is 19.6. The SMILES string of the molecule is CCOC(=O)c1sc(=S)sc1SCc1ncc(C(F)(F)F)cc1Cl. The number of rotatable bonds is 5. The van der Waals surface area contributed by atoms with Crippen molar-refractivity contribution in [2.24, 2.45) is 0 Å². The summed E-state index contributed by atoms with van der Waals surface area (Å²) >= 11 is 14.6. The summed E-state index contributed by atoms with van der Waals surface area (Å²) in [5.41, 5.74) is -0.603. The van der Waals surface area contributed by atoms with E-state index < -0.39 is 17.7 Å². The van der Waals surface area contributed by atoms with Crippen molar-refractivity contribution in [2.75, 3.05) is 6.61 Å². The predicted molar refractivity (Wildman–Crippen MR) is 92.8 cm³/mol. The van der Waals surface area contributed by atoms with Gasteiger partial charge in [-0.1, -0.05) is 23.8 Å². The molecule has 0 amide bonds. The topological polar surface area (TPSA) is 39.2 Å². The summed E-state index contributed by atoms with van der Waals surface area (Å²) in [7, 11) is 0. The van der Waals surface area contributed by atoms with Gasteiger partial charge in [0.05, 0.1) is 27.1 Å². The number of pyridine rings is 1. The maximum Gasteiger partial charge on any atom is 0.417 e. The zero-order valence-corrected chi connectivity index (χ0v) is 16.0. The molecule has 0 N–H and O–H groups in total. The molecule has 2 aromatic heterocycles. The van der Waals surface area contributed by atoms with Crippen LogP contribution in [-0.4, -0.2) is 17.6 Å². The molecular weight excluding hydrogens is 423 g/mol. The maximum atomic E-state index is 12.6. The largest absolute Gasteiger partial charge is 0.462 e. The number of carbonyl (C=O) groups is 1. The Morgan fingerprint density at radius 2 is 2.17 bits per heavy atom. The molecular formula is C13H9ClF3NO2S4. The van der Waals surface area contributed by atoms with E-state index >= 15 is 0 Å². The van der Waals surface area contributed by atoms with Crippen molar-refractivity contribution < 1.29 is 22.7 Å². The molecule has 130 valence electrons. The predicted octanol–water partition coefficient (Wildman–Crippen LogP) is 6.08. The third-order valence-electron chi connectivity index (χ3n) is 2.59. The highest BCUT2D eigenvalue weighted by atomic mass is 35.5. The highest BCUT2D eigenvalue weighted by Gasteiger charge is 2.31. The van der Waals surface area contributed by atoms with Gasteiger partial charge < -0.3 is 4.74 Å². The molecule has 0 aliphatic rings. The number of hydrogen-bond donors (Lipinski definition) is 0. The minimum absolute atomic E-state index is 0.0752. The summed E-state index contributed by atoms with van der Waals surface area (Å²) in [6, 6.07) is 0.840. The Labute approximate surface area is 157 Å². The number of thioether (sulfide) groups is 1. The Morgan fingerprint density at radius 3 is 2.75 bits per heavy atom. The van der Waals surface area contributed by atoms with Crippen LogP contribution in [0.15, 0.2) is 16.5 Å². The molecule has 24 heavy (non-hydrogen) atoms. The number of ether oxygens (including phenoxy) is 1. The number of hydrogen-bond acceptors (Lipinski definition) is 7. The molecule has 0 unspecified atom stereocenters. The maximum absolute atomic E-state index is 12.6. The number of esters is 1. The quantitative estimate of drug-likeness (QED) is 0.326. The Kier molecular flexibility index (Phi) is 6.66. The van der Waals surface area contributed by atoms with Crippen molar-refractivity contribution in [3.63, 3.8) is 0 Å². The van der Waals surface area contributed by atoms with E-state index in [1.54, 1.807) is 6.92 Å². The van der Waals surface area contributed by atoms with Gasteiger partial charge >= 0.3 is 12.1 Å². The second kappa shape index (κ2) is 8.13. The molecule has 0 radical (unpaired) electrons. The molecule has 0 saturated heterocycles. The van der Waals surface area contributed by atoms with Crippen LogP contribution in [0.3, 0.4) is 0 Å². The van der Waals surface area contributed by atoms with Crippen molar-refractivity contribution in [3.8, 4) is 0 Å². The lowest BCUT2D eigenvalue weighted by molar-refractivity contribution is -0.137.